The van der Waals surface area contributed by atoms with E-state index in [-0.39, 0.29) is 5.91 Å². The van der Waals surface area contributed by atoms with Crippen LogP contribution in [0.15, 0.2) is 48.5 Å². The molecule has 2 fully saturated rings. The van der Waals surface area contributed by atoms with Crippen LogP contribution in [-0.2, 0) is 11.3 Å². The van der Waals surface area contributed by atoms with E-state index in [0.717, 1.165) is 30.9 Å². The van der Waals surface area contributed by atoms with Crippen LogP contribution >= 0.6 is 0 Å². The lowest BCUT2D eigenvalue weighted by Crippen LogP contribution is -2.29. The zero-order valence-electron chi connectivity index (χ0n) is 15.3. The minimum absolute atomic E-state index is 0.279. The van der Waals surface area contributed by atoms with Gasteiger partial charge in [-0.15, -0.1) is 0 Å². The molecule has 2 saturated heterocycles. The number of nitrogens with one attached hydrogen (secondary N) is 1. The molecule has 0 spiro atoms. The molecule has 4 heteroatoms. The van der Waals surface area contributed by atoms with Crippen molar-refractivity contribution in [3.63, 3.8) is 0 Å². The second-order valence-corrected chi connectivity index (χ2v) is 7.34. The number of hydrogen-bond donors (Lipinski definition) is 1. The van der Waals surface area contributed by atoms with E-state index in [9.17, 15) is 4.79 Å². The summed E-state index contributed by atoms with van der Waals surface area (Å²) in [6.45, 7) is 3.97. The molecule has 2 aromatic rings. The molecule has 1 N–H and O–H groups in total. The SMILES string of the molecule is O=C1CCCN1Cc1ccc(Nc2ccc(N3CCCCC3)cc2)cc1. The zero-order valence-corrected chi connectivity index (χ0v) is 15.3. The molecular weight excluding hydrogens is 322 g/mol. The maximum atomic E-state index is 11.7. The third-order valence-corrected chi connectivity index (χ3v) is 5.38. The van der Waals surface area contributed by atoms with Crippen LogP contribution in [0.5, 0.6) is 0 Å². The molecule has 2 aliphatic rings. The fourth-order valence-electron chi connectivity index (χ4n) is 3.86. The van der Waals surface area contributed by atoms with Crippen LogP contribution in [0.4, 0.5) is 17.1 Å². The number of piperidine rings is 1. The largest absolute Gasteiger partial charge is 0.372 e. The highest BCUT2D eigenvalue weighted by Crippen LogP contribution is 2.24. The summed E-state index contributed by atoms with van der Waals surface area (Å²) >= 11 is 0. The molecule has 2 aromatic carbocycles. The van der Waals surface area contributed by atoms with Crippen LogP contribution in [0.1, 0.15) is 37.7 Å². The van der Waals surface area contributed by atoms with Crippen LogP contribution in [0, 0.1) is 0 Å². The third kappa shape index (κ3) is 4.01. The minimum Gasteiger partial charge on any atom is -0.372 e. The van der Waals surface area contributed by atoms with Crippen LogP contribution in [0.25, 0.3) is 0 Å². The van der Waals surface area contributed by atoms with E-state index in [4.69, 9.17) is 0 Å². The van der Waals surface area contributed by atoms with E-state index in [0.29, 0.717) is 6.42 Å². The van der Waals surface area contributed by atoms with Gasteiger partial charge in [-0.3, -0.25) is 4.79 Å². The van der Waals surface area contributed by atoms with Gasteiger partial charge in [-0.05, 0) is 67.6 Å². The Morgan fingerprint density at radius 3 is 2.04 bits per heavy atom. The summed E-state index contributed by atoms with van der Waals surface area (Å²) in [6.07, 6.45) is 5.65. The van der Waals surface area contributed by atoms with Gasteiger partial charge in [-0.1, -0.05) is 12.1 Å². The lowest BCUT2D eigenvalue weighted by molar-refractivity contribution is -0.128. The first-order valence-electron chi connectivity index (χ1n) is 9.77. The summed E-state index contributed by atoms with van der Waals surface area (Å²) in [4.78, 5) is 16.2. The van der Waals surface area contributed by atoms with E-state index in [1.54, 1.807) is 0 Å². The Balaban J connectivity index is 1.35. The number of benzene rings is 2. The summed E-state index contributed by atoms with van der Waals surface area (Å²) in [5.74, 6) is 0.279. The molecule has 0 aromatic heterocycles. The molecule has 4 nitrogen and oxygen atoms in total. The fraction of sp³-hybridized carbons (Fsp3) is 0.409. The number of amides is 1. The quantitative estimate of drug-likeness (QED) is 0.860. The van der Waals surface area contributed by atoms with Crippen molar-refractivity contribution in [3.8, 4) is 0 Å². The van der Waals surface area contributed by atoms with Gasteiger partial charge < -0.3 is 15.1 Å². The van der Waals surface area contributed by atoms with E-state index in [1.165, 1.54) is 43.6 Å². The van der Waals surface area contributed by atoms with Gasteiger partial charge in [0.1, 0.15) is 0 Å². The standard InChI is InChI=1S/C22H27N3O/c26-22-5-4-16-25(22)17-18-6-8-19(9-7-18)23-20-10-12-21(13-11-20)24-14-2-1-3-15-24/h6-13,23H,1-5,14-17H2. The Morgan fingerprint density at radius 2 is 1.42 bits per heavy atom. The fourth-order valence-corrected chi connectivity index (χ4v) is 3.86. The van der Waals surface area contributed by atoms with Crippen molar-refractivity contribution >= 4 is 23.0 Å². The molecule has 0 radical (unpaired) electrons. The lowest BCUT2D eigenvalue weighted by atomic mass is 10.1. The van der Waals surface area contributed by atoms with Crippen LogP contribution in [-0.4, -0.2) is 30.4 Å². The van der Waals surface area contributed by atoms with E-state index >= 15 is 0 Å². The molecule has 0 saturated carbocycles. The molecule has 2 aliphatic heterocycles. The van der Waals surface area contributed by atoms with Crippen LogP contribution in [0.2, 0.25) is 0 Å². The number of nitrogens with zero attached hydrogens (tertiary/aromatic N) is 2. The number of anilines is 3. The minimum atomic E-state index is 0.279. The average molecular weight is 349 g/mol. The van der Waals surface area contributed by atoms with E-state index in [1.807, 2.05) is 4.90 Å². The summed E-state index contributed by atoms with van der Waals surface area (Å²) in [7, 11) is 0. The van der Waals surface area contributed by atoms with Gasteiger partial charge in [-0.2, -0.15) is 0 Å². The maximum Gasteiger partial charge on any atom is 0.222 e. The van der Waals surface area contributed by atoms with Gasteiger partial charge in [0.25, 0.3) is 0 Å². The van der Waals surface area contributed by atoms with Crippen molar-refractivity contribution in [3.05, 3.63) is 54.1 Å². The maximum absolute atomic E-state index is 11.7. The molecule has 2 heterocycles. The van der Waals surface area contributed by atoms with Crippen molar-refractivity contribution in [1.29, 1.82) is 0 Å². The Bertz CT molecular complexity index is 733. The monoisotopic (exact) mass is 349 g/mol. The molecule has 136 valence electrons. The second kappa shape index (κ2) is 7.81. The van der Waals surface area contributed by atoms with Crippen LogP contribution < -0.4 is 10.2 Å². The first-order chi connectivity index (χ1) is 12.8. The van der Waals surface area contributed by atoms with Gasteiger partial charge in [0.2, 0.25) is 5.91 Å². The number of rotatable bonds is 5. The normalized spacial score (nSPS) is 17.6. The highest BCUT2D eigenvalue weighted by atomic mass is 16.2. The summed E-state index contributed by atoms with van der Waals surface area (Å²) in [5.41, 5.74) is 4.69. The van der Waals surface area contributed by atoms with Gasteiger partial charge in [0, 0.05) is 49.7 Å². The Morgan fingerprint density at radius 1 is 0.769 bits per heavy atom. The number of carbonyl (C=O) groups is 1. The molecule has 4 rings (SSSR count). The lowest BCUT2D eigenvalue weighted by Gasteiger charge is -2.28. The zero-order chi connectivity index (χ0) is 17.8. The first kappa shape index (κ1) is 17.0. The predicted octanol–water partition coefficient (Wildman–Crippen LogP) is 4.54. The topological polar surface area (TPSA) is 35.6 Å². The number of hydrogen-bond acceptors (Lipinski definition) is 3. The smallest absolute Gasteiger partial charge is 0.222 e. The van der Waals surface area contributed by atoms with Crippen molar-refractivity contribution in [2.45, 2.75) is 38.6 Å². The van der Waals surface area contributed by atoms with Gasteiger partial charge in [0.05, 0.1) is 0 Å². The molecule has 1 amide bonds. The molecule has 0 aliphatic carbocycles. The van der Waals surface area contributed by atoms with Gasteiger partial charge in [0.15, 0.2) is 0 Å². The first-order valence-corrected chi connectivity index (χ1v) is 9.77. The summed E-state index contributed by atoms with van der Waals surface area (Å²) in [5, 5.41) is 3.46. The van der Waals surface area contributed by atoms with Crippen LogP contribution in [0.3, 0.4) is 0 Å². The van der Waals surface area contributed by atoms with E-state index in [2.05, 4.69) is 58.7 Å². The number of likely N-dealkylation sites (tertiary alicyclic amines) is 1. The summed E-state index contributed by atoms with van der Waals surface area (Å²) < 4.78 is 0. The van der Waals surface area contributed by atoms with Crippen molar-refractivity contribution < 1.29 is 4.79 Å². The van der Waals surface area contributed by atoms with Crippen molar-refractivity contribution in [1.82, 2.24) is 4.90 Å². The molecule has 0 atom stereocenters. The molecule has 26 heavy (non-hydrogen) atoms. The average Bonchev–Trinajstić information content (AvgIpc) is 3.09. The predicted molar refractivity (Wildman–Crippen MR) is 107 cm³/mol. The van der Waals surface area contributed by atoms with Gasteiger partial charge in [-0.25, -0.2) is 0 Å². The highest BCUT2D eigenvalue weighted by molar-refractivity contribution is 5.78. The third-order valence-electron chi connectivity index (χ3n) is 5.38. The van der Waals surface area contributed by atoms with E-state index < -0.39 is 0 Å². The Labute approximate surface area is 155 Å². The Kier molecular flexibility index (Phi) is 5.09. The van der Waals surface area contributed by atoms with Crippen molar-refractivity contribution in [2.24, 2.45) is 0 Å². The summed E-state index contributed by atoms with van der Waals surface area (Å²) in [6, 6.07) is 17.1. The van der Waals surface area contributed by atoms with Gasteiger partial charge >= 0.3 is 0 Å². The molecule has 0 bridgehead atoms. The molecular formula is C22H27N3O. The molecule has 0 unspecified atom stereocenters. The highest BCUT2D eigenvalue weighted by Gasteiger charge is 2.19. The number of carbonyl (C=O) groups excluding carboxylic acids is 1. The Hall–Kier alpha value is -2.49. The second-order valence-electron chi connectivity index (χ2n) is 7.34. The van der Waals surface area contributed by atoms with Crippen molar-refractivity contribution in [2.75, 3.05) is 29.9 Å².